The second-order valence-electron chi connectivity index (χ2n) is 9.90. The van der Waals surface area contributed by atoms with Gasteiger partial charge in [-0.25, -0.2) is 4.79 Å². The smallest absolute Gasteiger partial charge is 0.334 e. The molecule has 0 radical (unpaired) electrons. The summed E-state index contributed by atoms with van der Waals surface area (Å²) in [5.41, 5.74) is -1.16. The van der Waals surface area contributed by atoms with Crippen molar-refractivity contribution in [2.75, 3.05) is 19.8 Å². The third-order valence-electron chi connectivity index (χ3n) is 9.21. The van der Waals surface area contributed by atoms with Crippen molar-refractivity contribution in [2.24, 2.45) is 22.7 Å². The quantitative estimate of drug-likeness (QED) is 0.534. The van der Waals surface area contributed by atoms with E-state index in [9.17, 15) is 19.8 Å². The largest absolute Gasteiger partial charge is 0.458 e. The Labute approximate surface area is 163 Å². The first kappa shape index (κ1) is 17.6. The van der Waals surface area contributed by atoms with E-state index in [1.807, 2.05) is 6.92 Å². The van der Waals surface area contributed by atoms with Crippen LogP contribution in [0.25, 0.3) is 0 Å². The first-order valence-corrected chi connectivity index (χ1v) is 10.3. The number of hydrogen-bond donors (Lipinski definition) is 2. The van der Waals surface area contributed by atoms with Crippen molar-refractivity contribution >= 4 is 11.8 Å². The molecule has 2 spiro atoms. The number of ether oxygens (including phenoxy) is 3. The van der Waals surface area contributed by atoms with E-state index < -0.39 is 16.6 Å². The van der Waals surface area contributed by atoms with Crippen molar-refractivity contribution in [1.29, 1.82) is 0 Å². The molecule has 0 bridgehead atoms. The zero-order valence-corrected chi connectivity index (χ0v) is 16.2. The molecule has 0 aromatic carbocycles. The van der Waals surface area contributed by atoms with Crippen LogP contribution in [0, 0.1) is 22.7 Å². The predicted octanol–water partition coefficient (Wildman–Crippen LogP) is 0.515. The summed E-state index contributed by atoms with van der Waals surface area (Å²) in [6.07, 6.45) is 2.05. The van der Waals surface area contributed by atoms with E-state index in [1.165, 1.54) is 0 Å². The molecule has 152 valence electrons. The highest BCUT2D eigenvalue weighted by Gasteiger charge is 2.95. The number of esters is 1. The van der Waals surface area contributed by atoms with E-state index in [1.54, 1.807) is 0 Å². The third-order valence-corrected chi connectivity index (χ3v) is 9.21. The van der Waals surface area contributed by atoms with Gasteiger partial charge in [-0.05, 0) is 43.1 Å². The molecule has 4 fully saturated rings. The summed E-state index contributed by atoms with van der Waals surface area (Å²) in [4.78, 5) is 25.9. The summed E-state index contributed by atoms with van der Waals surface area (Å²) in [6.45, 7) is 3.86. The Balaban J connectivity index is 1.47. The van der Waals surface area contributed by atoms with E-state index in [0.29, 0.717) is 25.9 Å². The molecule has 2 N–H and O–H groups in total. The number of aliphatic hydroxyl groups excluding tert-OH is 2. The minimum Gasteiger partial charge on any atom is -0.458 e. The molecule has 6 rings (SSSR count). The van der Waals surface area contributed by atoms with Crippen LogP contribution in [0.5, 0.6) is 0 Å². The number of fused-ring (bicyclic) bond motifs is 2. The summed E-state index contributed by atoms with van der Waals surface area (Å²) in [7, 11) is 0. The number of Topliss-reactive ketones (excluding diaryl/α,β-unsaturated/α-hetero) is 1. The number of hydrogen-bond acceptors (Lipinski definition) is 7. The van der Waals surface area contributed by atoms with Crippen LogP contribution in [0.3, 0.4) is 0 Å². The van der Waals surface area contributed by atoms with Crippen LogP contribution in [0.15, 0.2) is 11.1 Å². The maximum atomic E-state index is 13.8. The van der Waals surface area contributed by atoms with Crippen molar-refractivity contribution in [1.82, 2.24) is 0 Å². The van der Waals surface area contributed by atoms with Gasteiger partial charge in [-0.1, -0.05) is 13.8 Å². The molecule has 7 heteroatoms. The standard InChI is InChI=1S/C21H26O7/c1-10(7-22)19(9-23)6-15-21(28-15)18(2)4-3-11-12(8-26-16(11)24)13(18)5-14-20(21,27-14)17(19)25/h10,13-15,22-23H,3-9H2,1-2H3/t10-,13-,14-,15-,18-,19+,20+,21+/m0/s1. The summed E-state index contributed by atoms with van der Waals surface area (Å²) < 4.78 is 17.9. The van der Waals surface area contributed by atoms with E-state index in [0.717, 1.165) is 17.6 Å². The highest BCUT2D eigenvalue weighted by atomic mass is 16.7. The lowest BCUT2D eigenvalue weighted by Crippen LogP contribution is -2.68. The Morgan fingerprint density at radius 2 is 2.00 bits per heavy atom. The molecule has 28 heavy (non-hydrogen) atoms. The first-order valence-electron chi connectivity index (χ1n) is 10.3. The van der Waals surface area contributed by atoms with Gasteiger partial charge in [0.25, 0.3) is 0 Å². The van der Waals surface area contributed by atoms with Gasteiger partial charge in [0.05, 0.1) is 24.2 Å². The fraction of sp³-hybridized carbons (Fsp3) is 0.810. The van der Waals surface area contributed by atoms with Gasteiger partial charge < -0.3 is 24.4 Å². The highest BCUT2D eigenvalue weighted by molar-refractivity contribution is 6.00. The molecule has 3 aliphatic heterocycles. The molecule has 8 atom stereocenters. The number of rotatable bonds is 3. The van der Waals surface area contributed by atoms with Gasteiger partial charge in [0.2, 0.25) is 0 Å². The molecular weight excluding hydrogens is 364 g/mol. The number of carbonyl (C=O) groups excluding carboxylic acids is 2. The molecule has 2 saturated carbocycles. The maximum Gasteiger partial charge on any atom is 0.334 e. The van der Waals surface area contributed by atoms with Crippen LogP contribution in [-0.2, 0) is 23.8 Å². The lowest BCUT2D eigenvalue weighted by molar-refractivity contribution is -0.153. The zero-order valence-electron chi connectivity index (χ0n) is 16.2. The lowest BCUT2D eigenvalue weighted by Gasteiger charge is -2.54. The van der Waals surface area contributed by atoms with Crippen molar-refractivity contribution in [3.8, 4) is 0 Å². The van der Waals surface area contributed by atoms with Gasteiger partial charge in [0.1, 0.15) is 12.2 Å². The van der Waals surface area contributed by atoms with Crippen molar-refractivity contribution in [3.63, 3.8) is 0 Å². The highest BCUT2D eigenvalue weighted by Crippen LogP contribution is 2.79. The molecular formula is C21H26O7. The van der Waals surface area contributed by atoms with Crippen LogP contribution >= 0.6 is 0 Å². The number of aliphatic hydroxyl groups is 2. The zero-order chi connectivity index (χ0) is 19.7. The molecule has 0 unspecified atom stereocenters. The maximum absolute atomic E-state index is 13.8. The van der Waals surface area contributed by atoms with Gasteiger partial charge in [-0.3, -0.25) is 4.79 Å². The minimum atomic E-state index is -1.02. The summed E-state index contributed by atoms with van der Waals surface area (Å²) >= 11 is 0. The topological polar surface area (TPSA) is 109 Å². The van der Waals surface area contributed by atoms with Crippen LogP contribution in [-0.4, -0.2) is 65.2 Å². The molecule has 7 nitrogen and oxygen atoms in total. The molecule has 2 saturated heterocycles. The number of ketones is 1. The molecule has 0 amide bonds. The van der Waals surface area contributed by atoms with Crippen molar-refractivity contribution in [3.05, 3.63) is 11.1 Å². The van der Waals surface area contributed by atoms with Crippen LogP contribution in [0.1, 0.15) is 39.5 Å². The monoisotopic (exact) mass is 390 g/mol. The van der Waals surface area contributed by atoms with Crippen molar-refractivity contribution < 1.29 is 34.0 Å². The summed E-state index contributed by atoms with van der Waals surface area (Å²) in [6, 6.07) is 0. The average Bonchev–Trinajstić information content (AvgIpc) is 3.57. The van der Waals surface area contributed by atoms with Gasteiger partial charge in [0.15, 0.2) is 11.4 Å². The average molecular weight is 390 g/mol. The molecule has 3 heterocycles. The van der Waals surface area contributed by atoms with Crippen LogP contribution in [0.2, 0.25) is 0 Å². The Bertz CT molecular complexity index is 850. The fourth-order valence-electron chi connectivity index (χ4n) is 7.44. The van der Waals surface area contributed by atoms with E-state index in [2.05, 4.69) is 6.92 Å². The summed E-state index contributed by atoms with van der Waals surface area (Å²) in [5, 5.41) is 20.0. The number of epoxide rings is 2. The Hall–Kier alpha value is -1.28. The van der Waals surface area contributed by atoms with Crippen LogP contribution in [0.4, 0.5) is 0 Å². The fourth-order valence-corrected chi connectivity index (χ4v) is 7.44. The Kier molecular flexibility index (Phi) is 3.07. The first-order chi connectivity index (χ1) is 13.3. The third kappa shape index (κ3) is 1.52. The SMILES string of the molecule is C[C@@H](CO)[C@]1(CO)C[C@@H]2O[C@@]23[C@@]2(C)CCC4=C(COC4=O)[C@@H]2C[C@@H]2O[C@@]23C1=O. The van der Waals surface area contributed by atoms with Gasteiger partial charge in [0, 0.05) is 17.6 Å². The number of carbonyl (C=O) groups is 2. The van der Waals surface area contributed by atoms with Crippen LogP contribution < -0.4 is 0 Å². The van der Waals surface area contributed by atoms with Gasteiger partial charge >= 0.3 is 5.97 Å². The number of cyclic esters (lactones) is 1. The molecule has 6 aliphatic rings. The lowest BCUT2D eigenvalue weighted by atomic mass is 9.45. The van der Waals surface area contributed by atoms with E-state index in [4.69, 9.17) is 14.2 Å². The molecule has 0 aromatic rings. The van der Waals surface area contributed by atoms with Gasteiger partial charge in [-0.15, -0.1) is 0 Å². The van der Waals surface area contributed by atoms with Crippen molar-refractivity contribution in [2.45, 2.75) is 62.9 Å². The van der Waals surface area contributed by atoms with E-state index in [-0.39, 0.29) is 54.4 Å². The second kappa shape index (κ2) is 4.89. The Morgan fingerprint density at radius 1 is 1.21 bits per heavy atom. The summed E-state index contributed by atoms with van der Waals surface area (Å²) in [5.74, 6) is -0.551. The predicted molar refractivity (Wildman–Crippen MR) is 94.0 cm³/mol. The Morgan fingerprint density at radius 3 is 2.71 bits per heavy atom. The second-order valence-corrected chi connectivity index (χ2v) is 9.90. The minimum absolute atomic E-state index is 0.0963. The molecule has 3 aliphatic carbocycles. The normalized spacial score (nSPS) is 54.1. The molecule has 0 aromatic heterocycles. The van der Waals surface area contributed by atoms with E-state index >= 15 is 0 Å². The van der Waals surface area contributed by atoms with Gasteiger partial charge in [-0.2, -0.15) is 0 Å².